The van der Waals surface area contributed by atoms with E-state index in [2.05, 4.69) is 0 Å². The molecule has 0 saturated carbocycles. The summed E-state index contributed by atoms with van der Waals surface area (Å²) in [7, 11) is -5.30. The highest BCUT2D eigenvalue weighted by Crippen LogP contribution is 2.19. The molecule has 0 aromatic rings. The van der Waals surface area contributed by atoms with Gasteiger partial charge in [0.15, 0.2) is 0 Å². The summed E-state index contributed by atoms with van der Waals surface area (Å²) in [5.41, 5.74) is 0. The zero-order chi connectivity index (χ0) is 18.1. The summed E-state index contributed by atoms with van der Waals surface area (Å²) in [6.45, 7) is 2.29. The van der Waals surface area contributed by atoms with Gasteiger partial charge >= 0.3 is 15.0 Å². The first-order chi connectivity index (χ1) is 11.5. The Hall–Kier alpha value is -0.783. The van der Waals surface area contributed by atoms with Gasteiger partial charge in [-0.05, 0) is 19.8 Å². The summed E-state index contributed by atoms with van der Waals surface area (Å²) in [6, 6.07) is -0.499. The predicted molar refractivity (Wildman–Crippen MR) is 95.1 cm³/mol. The highest BCUT2D eigenvalue weighted by molar-refractivity contribution is 6.58. The van der Waals surface area contributed by atoms with Crippen LogP contribution in [0.15, 0.2) is 12.2 Å². The Bertz CT molecular complexity index is 331. The molecule has 0 fully saturated rings. The first-order valence-corrected chi connectivity index (χ1v) is 11.2. The Balaban J connectivity index is 3.11. The van der Waals surface area contributed by atoms with Crippen molar-refractivity contribution in [3.05, 3.63) is 12.2 Å². The SMILES string of the molecule is CC=CC(=O)OCCCCCCCCCCCCCC[Si](F)(F)F. The number of halogens is 3. The third-order valence-electron chi connectivity index (χ3n) is 3.90. The second kappa shape index (κ2) is 15.7. The Morgan fingerprint density at radius 1 is 0.792 bits per heavy atom. The highest BCUT2D eigenvalue weighted by atomic mass is 28.5. The van der Waals surface area contributed by atoms with Gasteiger partial charge in [0, 0.05) is 12.1 Å². The zero-order valence-corrected chi connectivity index (χ0v) is 16.0. The Kier molecular flexibility index (Phi) is 15.2. The number of unbranched alkanes of at least 4 members (excludes halogenated alkanes) is 11. The van der Waals surface area contributed by atoms with Crippen LogP contribution in [0.25, 0.3) is 0 Å². The summed E-state index contributed by atoms with van der Waals surface area (Å²) < 4.78 is 41.3. The second-order valence-corrected chi connectivity index (χ2v) is 8.01. The van der Waals surface area contributed by atoms with E-state index in [0.717, 1.165) is 38.5 Å². The van der Waals surface area contributed by atoms with Gasteiger partial charge in [0.25, 0.3) is 0 Å². The van der Waals surface area contributed by atoms with E-state index in [-0.39, 0.29) is 5.97 Å². The Morgan fingerprint density at radius 3 is 1.62 bits per heavy atom. The quantitative estimate of drug-likeness (QED) is 0.101. The number of rotatable bonds is 16. The molecule has 0 aromatic carbocycles. The van der Waals surface area contributed by atoms with Crippen molar-refractivity contribution < 1.29 is 21.9 Å². The van der Waals surface area contributed by atoms with E-state index in [0.29, 0.717) is 13.0 Å². The fraction of sp³-hybridized carbons (Fsp3) is 0.833. The number of allylic oxidation sites excluding steroid dienone is 1. The standard InChI is InChI=1S/C18H33F3O2Si/c1-2-15-18(22)23-16-13-11-9-7-5-3-4-6-8-10-12-14-17-24(19,20)21/h2,15H,3-14,16-17H2,1H3. The lowest BCUT2D eigenvalue weighted by Gasteiger charge is -2.04. The van der Waals surface area contributed by atoms with Gasteiger partial charge in [-0.15, -0.1) is 0 Å². The molecule has 0 atom stereocenters. The minimum Gasteiger partial charge on any atom is -0.463 e. The van der Waals surface area contributed by atoms with Crippen molar-refractivity contribution in [2.75, 3.05) is 6.61 Å². The van der Waals surface area contributed by atoms with Crippen LogP contribution >= 0.6 is 0 Å². The molecular weight excluding hydrogens is 333 g/mol. The molecule has 6 heteroatoms. The lowest BCUT2D eigenvalue weighted by molar-refractivity contribution is -0.137. The van der Waals surface area contributed by atoms with Crippen LogP contribution in [0.3, 0.4) is 0 Å². The largest absolute Gasteiger partial charge is 0.616 e. The van der Waals surface area contributed by atoms with Gasteiger partial charge in [-0.1, -0.05) is 70.3 Å². The molecule has 0 aliphatic rings. The fourth-order valence-corrected chi connectivity index (χ4v) is 3.20. The molecule has 2 nitrogen and oxygen atoms in total. The van der Waals surface area contributed by atoms with Gasteiger partial charge in [-0.2, -0.15) is 0 Å². The molecule has 0 spiro atoms. The van der Waals surface area contributed by atoms with Crippen molar-refractivity contribution in [1.29, 1.82) is 0 Å². The van der Waals surface area contributed by atoms with Crippen LogP contribution in [-0.4, -0.2) is 21.7 Å². The molecule has 0 heterocycles. The maximum absolute atomic E-state index is 12.1. The monoisotopic (exact) mass is 366 g/mol. The van der Waals surface area contributed by atoms with Crippen LogP contribution in [0.2, 0.25) is 6.04 Å². The van der Waals surface area contributed by atoms with E-state index in [9.17, 15) is 17.1 Å². The number of carbonyl (C=O) groups excluding carboxylic acids is 1. The lowest BCUT2D eigenvalue weighted by atomic mass is 10.1. The number of carbonyl (C=O) groups is 1. The second-order valence-electron chi connectivity index (χ2n) is 6.28. The molecule has 0 aromatic heterocycles. The van der Waals surface area contributed by atoms with Gasteiger partial charge < -0.3 is 4.74 Å². The molecule has 0 radical (unpaired) electrons. The third-order valence-corrected chi connectivity index (χ3v) is 4.82. The molecule has 0 saturated heterocycles. The molecular formula is C18H33F3O2Si. The van der Waals surface area contributed by atoms with Crippen LogP contribution in [0.5, 0.6) is 0 Å². The van der Waals surface area contributed by atoms with E-state index in [1.807, 2.05) is 0 Å². The molecule has 0 bridgehead atoms. The summed E-state index contributed by atoms with van der Waals surface area (Å²) in [5, 5.41) is 0. The topological polar surface area (TPSA) is 26.3 Å². The summed E-state index contributed by atoms with van der Waals surface area (Å²) in [6.07, 6.45) is 15.3. The lowest BCUT2D eigenvalue weighted by Crippen LogP contribution is -2.13. The van der Waals surface area contributed by atoms with Crippen molar-refractivity contribution in [3.8, 4) is 0 Å². The van der Waals surface area contributed by atoms with E-state index < -0.39 is 15.1 Å². The van der Waals surface area contributed by atoms with Crippen molar-refractivity contribution in [3.63, 3.8) is 0 Å². The maximum Gasteiger partial charge on any atom is 0.616 e. The first kappa shape index (κ1) is 23.2. The number of hydrogen-bond donors (Lipinski definition) is 0. The van der Waals surface area contributed by atoms with Crippen LogP contribution in [0.4, 0.5) is 12.3 Å². The van der Waals surface area contributed by atoms with Crippen molar-refractivity contribution in [2.45, 2.75) is 90.0 Å². The summed E-state index contributed by atoms with van der Waals surface area (Å²) in [5.74, 6) is -0.266. The van der Waals surface area contributed by atoms with Crippen molar-refractivity contribution in [2.24, 2.45) is 0 Å². The van der Waals surface area contributed by atoms with E-state index in [1.165, 1.54) is 38.2 Å². The number of esters is 1. The van der Waals surface area contributed by atoms with Crippen LogP contribution in [0.1, 0.15) is 84.0 Å². The number of ether oxygens (including phenoxy) is 1. The van der Waals surface area contributed by atoms with Gasteiger partial charge in [0.05, 0.1) is 6.61 Å². The van der Waals surface area contributed by atoms with Crippen LogP contribution in [-0.2, 0) is 9.53 Å². The maximum atomic E-state index is 12.1. The van der Waals surface area contributed by atoms with Crippen molar-refractivity contribution in [1.82, 2.24) is 0 Å². The molecule has 0 amide bonds. The molecule has 0 rings (SSSR count). The zero-order valence-electron chi connectivity index (χ0n) is 15.0. The Labute approximate surface area is 146 Å². The van der Waals surface area contributed by atoms with Gasteiger partial charge in [-0.25, -0.2) is 17.1 Å². The normalized spacial score (nSPS) is 12.0. The van der Waals surface area contributed by atoms with E-state index >= 15 is 0 Å². The molecule has 0 N–H and O–H groups in total. The van der Waals surface area contributed by atoms with E-state index in [1.54, 1.807) is 13.0 Å². The minimum absolute atomic E-state index is 0.266. The first-order valence-electron chi connectivity index (χ1n) is 9.32. The Morgan fingerprint density at radius 2 is 1.21 bits per heavy atom. The molecule has 142 valence electrons. The summed E-state index contributed by atoms with van der Waals surface area (Å²) >= 11 is 0. The van der Waals surface area contributed by atoms with Crippen LogP contribution < -0.4 is 0 Å². The van der Waals surface area contributed by atoms with Gasteiger partial charge in [-0.3, -0.25) is 0 Å². The van der Waals surface area contributed by atoms with Gasteiger partial charge in [0.2, 0.25) is 0 Å². The molecule has 0 unspecified atom stereocenters. The summed E-state index contributed by atoms with van der Waals surface area (Å²) in [4.78, 5) is 11.0. The fourth-order valence-electron chi connectivity index (χ4n) is 2.55. The molecule has 24 heavy (non-hydrogen) atoms. The predicted octanol–water partition coefficient (Wildman–Crippen LogP) is 6.63. The number of hydrogen-bond acceptors (Lipinski definition) is 2. The minimum atomic E-state index is -5.30. The van der Waals surface area contributed by atoms with Crippen LogP contribution in [0, 0.1) is 0 Å². The smallest absolute Gasteiger partial charge is 0.463 e. The molecule has 0 aliphatic heterocycles. The third kappa shape index (κ3) is 19.3. The van der Waals surface area contributed by atoms with E-state index in [4.69, 9.17) is 4.74 Å². The molecule has 0 aliphatic carbocycles. The van der Waals surface area contributed by atoms with Crippen molar-refractivity contribution >= 4 is 15.0 Å². The average Bonchev–Trinajstić information content (AvgIpc) is 2.50. The van der Waals surface area contributed by atoms with Gasteiger partial charge in [0.1, 0.15) is 0 Å². The average molecular weight is 367 g/mol. The highest BCUT2D eigenvalue weighted by Gasteiger charge is 2.35.